The molecule has 1 atom stereocenters. The second kappa shape index (κ2) is 10.4. The average Bonchev–Trinajstić information content (AvgIpc) is 3.02. The van der Waals surface area contributed by atoms with Crippen molar-refractivity contribution in [2.45, 2.75) is 37.7 Å². The van der Waals surface area contributed by atoms with Crippen LogP contribution in [-0.4, -0.2) is 47.2 Å². The number of hydrogen-bond acceptors (Lipinski definition) is 4. The van der Waals surface area contributed by atoms with E-state index in [0.717, 1.165) is 30.6 Å². The predicted molar refractivity (Wildman–Crippen MR) is 115 cm³/mol. The van der Waals surface area contributed by atoms with Crippen LogP contribution in [-0.2, 0) is 27.1 Å². The van der Waals surface area contributed by atoms with Crippen molar-refractivity contribution in [3.05, 3.63) is 35.4 Å². The summed E-state index contributed by atoms with van der Waals surface area (Å²) in [5, 5.41) is 6.54. The third kappa shape index (κ3) is 7.37. The fourth-order valence-electron chi connectivity index (χ4n) is 2.77. The van der Waals surface area contributed by atoms with Crippen LogP contribution in [0.25, 0.3) is 0 Å². The Labute approximate surface area is 173 Å². The number of nitrogens with one attached hydrogen (secondary N) is 3. The van der Waals surface area contributed by atoms with Gasteiger partial charge in [-0.1, -0.05) is 24.3 Å². The van der Waals surface area contributed by atoms with Gasteiger partial charge in [0.2, 0.25) is 10.0 Å². The first-order chi connectivity index (χ1) is 11.9. The Bertz CT molecular complexity index is 704. The van der Waals surface area contributed by atoms with Crippen LogP contribution in [0.5, 0.6) is 0 Å². The van der Waals surface area contributed by atoms with E-state index < -0.39 is 10.0 Å². The summed E-state index contributed by atoms with van der Waals surface area (Å²) in [4.78, 5) is 4.22. The molecule has 1 aromatic rings. The molecule has 2 rings (SSSR count). The molecule has 0 saturated carbocycles. The highest BCUT2D eigenvalue weighted by Gasteiger charge is 2.29. The molecule has 0 spiro atoms. The largest absolute Gasteiger partial charge is 0.373 e. The molecule has 0 aromatic heterocycles. The zero-order valence-corrected chi connectivity index (χ0v) is 18.7. The Kier molecular flexibility index (Phi) is 9.28. The number of nitrogens with zero attached hydrogens (tertiary/aromatic N) is 1. The molecule has 1 heterocycles. The van der Waals surface area contributed by atoms with Gasteiger partial charge in [0.1, 0.15) is 0 Å². The molecule has 1 fully saturated rings. The quantitative estimate of drug-likeness (QED) is 0.303. The molecule has 0 bridgehead atoms. The standard InChI is InChI=1S/C17H28N4O3S.HI/c1-17(8-5-9-24-17)13-21-16(18-2)20-11-14-6-4-7-15(10-14)12-25(22,23)19-3;/h4,6-7,10,19H,5,8-9,11-13H2,1-3H3,(H2,18,20,21);1H. The van der Waals surface area contributed by atoms with Gasteiger partial charge in [0.15, 0.2) is 5.96 Å². The zero-order valence-electron chi connectivity index (χ0n) is 15.5. The van der Waals surface area contributed by atoms with Crippen LogP contribution in [0.4, 0.5) is 0 Å². The summed E-state index contributed by atoms with van der Waals surface area (Å²) >= 11 is 0. The second-order valence-corrected chi connectivity index (χ2v) is 8.39. The molecule has 1 aromatic carbocycles. The minimum Gasteiger partial charge on any atom is -0.373 e. The van der Waals surface area contributed by atoms with Crippen molar-refractivity contribution in [1.29, 1.82) is 0 Å². The highest BCUT2D eigenvalue weighted by atomic mass is 127. The number of guanidine groups is 1. The Morgan fingerprint density at radius 2 is 2.04 bits per heavy atom. The minimum absolute atomic E-state index is 0. The van der Waals surface area contributed by atoms with Crippen molar-refractivity contribution in [1.82, 2.24) is 15.4 Å². The molecular weight excluding hydrogens is 467 g/mol. The van der Waals surface area contributed by atoms with E-state index in [9.17, 15) is 8.42 Å². The van der Waals surface area contributed by atoms with Crippen molar-refractivity contribution >= 4 is 40.0 Å². The van der Waals surface area contributed by atoms with Gasteiger partial charge < -0.3 is 15.4 Å². The van der Waals surface area contributed by atoms with Crippen molar-refractivity contribution < 1.29 is 13.2 Å². The van der Waals surface area contributed by atoms with Crippen LogP contribution in [0, 0.1) is 0 Å². The van der Waals surface area contributed by atoms with Crippen LogP contribution < -0.4 is 15.4 Å². The van der Waals surface area contributed by atoms with E-state index >= 15 is 0 Å². The lowest BCUT2D eigenvalue weighted by atomic mass is 10.0. The lowest BCUT2D eigenvalue weighted by Crippen LogP contribution is -2.45. The molecule has 1 saturated heterocycles. The van der Waals surface area contributed by atoms with Gasteiger partial charge in [-0.05, 0) is 37.9 Å². The summed E-state index contributed by atoms with van der Waals surface area (Å²) in [6.07, 6.45) is 2.13. The smallest absolute Gasteiger partial charge is 0.215 e. The van der Waals surface area contributed by atoms with Crippen molar-refractivity contribution in [3.63, 3.8) is 0 Å². The first kappa shape index (κ1) is 23.1. The minimum atomic E-state index is -3.27. The molecule has 3 N–H and O–H groups in total. The van der Waals surface area contributed by atoms with E-state index in [-0.39, 0.29) is 35.3 Å². The fourth-order valence-corrected chi connectivity index (χ4v) is 3.54. The van der Waals surface area contributed by atoms with Gasteiger partial charge in [0.05, 0.1) is 11.4 Å². The normalized spacial score (nSPS) is 20.5. The van der Waals surface area contributed by atoms with Gasteiger partial charge in [-0.25, -0.2) is 13.1 Å². The first-order valence-corrected chi connectivity index (χ1v) is 10.1. The van der Waals surface area contributed by atoms with E-state index in [1.165, 1.54) is 7.05 Å². The Balaban J connectivity index is 0.00000338. The molecule has 26 heavy (non-hydrogen) atoms. The molecule has 0 amide bonds. The summed E-state index contributed by atoms with van der Waals surface area (Å²) in [6.45, 7) is 4.18. The summed E-state index contributed by atoms with van der Waals surface area (Å²) in [5.41, 5.74) is 1.61. The number of hydrogen-bond donors (Lipinski definition) is 3. The van der Waals surface area contributed by atoms with Crippen molar-refractivity contribution in [2.24, 2.45) is 4.99 Å². The SMILES string of the molecule is CN=C(NCc1cccc(CS(=O)(=O)NC)c1)NCC1(C)CCCO1.I. The van der Waals surface area contributed by atoms with E-state index in [0.29, 0.717) is 19.0 Å². The number of halogens is 1. The van der Waals surface area contributed by atoms with Crippen LogP contribution in [0.2, 0.25) is 0 Å². The Hall–Kier alpha value is -0.910. The molecule has 0 radical (unpaired) electrons. The van der Waals surface area contributed by atoms with Crippen LogP contribution in [0.15, 0.2) is 29.3 Å². The maximum atomic E-state index is 11.7. The van der Waals surface area contributed by atoms with Gasteiger partial charge in [-0.3, -0.25) is 4.99 Å². The zero-order chi connectivity index (χ0) is 18.3. The molecule has 148 valence electrons. The lowest BCUT2D eigenvalue weighted by molar-refractivity contribution is 0.0243. The van der Waals surface area contributed by atoms with E-state index in [1.807, 2.05) is 24.3 Å². The van der Waals surface area contributed by atoms with Crippen LogP contribution in [0.1, 0.15) is 30.9 Å². The summed E-state index contributed by atoms with van der Waals surface area (Å²) in [6, 6.07) is 7.51. The third-order valence-electron chi connectivity index (χ3n) is 4.27. The Morgan fingerprint density at radius 3 is 2.65 bits per heavy atom. The number of benzene rings is 1. The maximum Gasteiger partial charge on any atom is 0.215 e. The molecule has 1 aliphatic rings. The highest BCUT2D eigenvalue weighted by molar-refractivity contribution is 14.0. The van der Waals surface area contributed by atoms with E-state index in [2.05, 4.69) is 27.3 Å². The first-order valence-electron chi connectivity index (χ1n) is 8.43. The molecular formula is C17H29IN4O3S. The van der Waals surface area contributed by atoms with Crippen LogP contribution in [0.3, 0.4) is 0 Å². The molecule has 9 heteroatoms. The topological polar surface area (TPSA) is 91.8 Å². The third-order valence-corrected chi connectivity index (χ3v) is 5.61. The average molecular weight is 496 g/mol. The van der Waals surface area contributed by atoms with Gasteiger partial charge in [0.25, 0.3) is 0 Å². The summed E-state index contributed by atoms with van der Waals surface area (Å²) in [5.74, 6) is 0.671. The number of aliphatic imine (C=N–C) groups is 1. The second-order valence-electron chi connectivity index (χ2n) is 6.46. The number of ether oxygens (including phenoxy) is 1. The number of rotatable bonds is 7. The van der Waals surface area contributed by atoms with Gasteiger partial charge in [-0.15, -0.1) is 24.0 Å². The lowest BCUT2D eigenvalue weighted by Gasteiger charge is -2.24. The highest BCUT2D eigenvalue weighted by Crippen LogP contribution is 2.23. The monoisotopic (exact) mass is 496 g/mol. The summed E-state index contributed by atoms with van der Waals surface area (Å²) in [7, 11) is -0.124. The summed E-state index contributed by atoms with van der Waals surface area (Å²) < 4.78 is 31.4. The Morgan fingerprint density at radius 1 is 1.31 bits per heavy atom. The number of sulfonamides is 1. The predicted octanol–water partition coefficient (Wildman–Crippen LogP) is 1.59. The molecule has 7 nitrogen and oxygen atoms in total. The van der Waals surface area contributed by atoms with Crippen molar-refractivity contribution in [2.75, 3.05) is 27.2 Å². The van der Waals surface area contributed by atoms with Gasteiger partial charge >= 0.3 is 0 Å². The van der Waals surface area contributed by atoms with E-state index in [4.69, 9.17) is 4.74 Å². The molecule has 1 unspecified atom stereocenters. The van der Waals surface area contributed by atoms with Crippen LogP contribution >= 0.6 is 24.0 Å². The fraction of sp³-hybridized carbons (Fsp3) is 0.588. The van der Waals surface area contributed by atoms with Gasteiger partial charge in [-0.2, -0.15) is 0 Å². The maximum absolute atomic E-state index is 11.7. The molecule has 1 aliphatic heterocycles. The van der Waals surface area contributed by atoms with Crippen molar-refractivity contribution in [3.8, 4) is 0 Å². The van der Waals surface area contributed by atoms with Gasteiger partial charge in [0, 0.05) is 26.7 Å². The van der Waals surface area contributed by atoms with E-state index in [1.54, 1.807) is 7.05 Å². The molecule has 0 aliphatic carbocycles.